The van der Waals surface area contributed by atoms with Gasteiger partial charge in [-0.2, -0.15) is 5.10 Å². The molecule has 6 heteroatoms. The molecule has 6 nitrogen and oxygen atoms in total. The van der Waals surface area contributed by atoms with E-state index in [4.69, 9.17) is 0 Å². The van der Waals surface area contributed by atoms with Gasteiger partial charge in [0, 0.05) is 44.3 Å². The van der Waals surface area contributed by atoms with Crippen LogP contribution in [0.2, 0.25) is 0 Å². The highest BCUT2D eigenvalue weighted by molar-refractivity contribution is 6.05. The lowest BCUT2D eigenvalue weighted by Gasteiger charge is -2.22. The molecule has 1 aromatic heterocycles. The molecule has 28 heavy (non-hydrogen) atoms. The van der Waals surface area contributed by atoms with Crippen molar-refractivity contribution in [1.29, 1.82) is 0 Å². The van der Waals surface area contributed by atoms with Gasteiger partial charge in [-0.1, -0.05) is 42.5 Å². The Labute approximate surface area is 163 Å². The van der Waals surface area contributed by atoms with Crippen molar-refractivity contribution in [3.05, 3.63) is 65.4 Å². The molecule has 1 N–H and O–H groups in total. The van der Waals surface area contributed by atoms with Crippen LogP contribution in [0.3, 0.4) is 0 Å². The molecule has 2 heterocycles. The minimum atomic E-state index is -0.168. The van der Waals surface area contributed by atoms with E-state index >= 15 is 0 Å². The van der Waals surface area contributed by atoms with Gasteiger partial charge in [-0.05, 0) is 17.2 Å². The molecular weight excluding hydrogens is 352 g/mol. The van der Waals surface area contributed by atoms with Crippen molar-refractivity contribution in [1.82, 2.24) is 20.0 Å². The number of fused-ring (bicyclic) bond motifs is 4. The SMILES string of the molecule is CC(=O)N1C[C@H]2[C@@H](C1)c1ccccc1[C@@H]2NC(=O)c1nn(C)c2ccccc12. The Hall–Kier alpha value is -3.15. The summed E-state index contributed by atoms with van der Waals surface area (Å²) < 4.78 is 1.74. The first-order chi connectivity index (χ1) is 13.5. The smallest absolute Gasteiger partial charge is 0.272 e. The number of nitrogens with one attached hydrogen (secondary N) is 1. The lowest BCUT2D eigenvalue weighted by atomic mass is 9.94. The topological polar surface area (TPSA) is 67.2 Å². The fraction of sp³-hybridized carbons (Fsp3) is 0.318. The van der Waals surface area contributed by atoms with Crippen LogP contribution >= 0.6 is 0 Å². The molecule has 5 rings (SSSR count). The van der Waals surface area contributed by atoms with Gasteiger partial charge < -0.3 is 10.2 Å². The molecule has 3 aromatic rings. The summed E-state index contributed by atoms with van der Waals surface area (Å²) in [6, 6.07) is 15.9. The molecule has 0 unspecified atom stereocenters. The van der Waals surface area contributed by atoms with Crippen molar-refractivity contribution in [2.75, 3.05) is 13.1 Å². The number of rotatable bonds is 2. The van der Waals surface area contributed by atoms with E-state index in [1.54, 1.807) is 11.6 Å². The number of likely N-dealkylation sites (tertiary alicyclic amines) is 1. The van der Waals surface area contributed by atoms with Crippen molar-refractivity contribution < 1.29 is 9.59 Å². The molecule has 142 valence electrons. The van der Waals surface area contributed by atoms with Crippen molar-refractivity contribution in [2.45, 2.75) is 18.9 Å². The number of hydrogen-bond donors (Lipinski definition) is 1. The summed E-state index contributed by atoms with van der Waals surface area (Å²) >= 11 is 0. The molecule has 0 saturated carbocycles. The largest absolute Gasteiger partial charge is 0.343 e. The van der Waals surface area contributed by atoms with Crippen LogP contribution in [0.4, 0.5) is 0 Å². The molecule has 0 bridgehead atoms. The van der Waals surface area contributed by atoms with Crippen molar-refractivity contribution >= 4 is 22.7 Å². The first-order valence-corrected chi connectivity index (χ1v) is 9.61. The molecule has 1 saturated heterocycles. The summed E-state index contributed by atoms with van der Waals surface area (Å²) in [4.78, 5) is 27.0. The number of hydrogen-bond acceptors (Lipinski definition) is 3. The molecule has 1 aliphatic carbocycles. The van der Waals surface area contributed by atoms with Crippen LogP contribution in [0.5, 0.6) is 0 Å². The number of carbonyl (C=O) groups excluding carboxylic acids is 2. The van der Waals surface area contributed by atoms with E-state index < -0.39 is 0 Å². The Morgan fingerprint density at radius 1 is 1.04 bits per heavy atom. The molecule has 2 aliphatic rings. The number of aromatic nitrogens is 2. The predicted molar refractivity (Wildman–Crippen MR) is 106 cm³/mol. The van der Waals surface area contributed by atoms with E-state index in [-0.39, 0.29) is 29.7 Å². The molecule has 1 fully saturated rings. The van der Waals surface area contributed by atoms with E-state index in [2.05, 4.69) is 22.5 Å². The minimum absolute atomic E-state index is 0.0904. The Bertz CT molecular complexity index is 1100. The van der Waals surface area contributed by atoms with E-state index in [0.717, 1.165) is 23.0 Å². The maximum Gasteiger partial charge on any atom is 0.272 e. The monoisotopic (exact) mass is 374 g/mol. The average molecular weight is 374 g/mol. The molecule has 0 spiro atoms. The van der Waals surface area contributed by atoms with Gasteiger partial charge in [-0.25, -0.2) is 0 Å². The maximum atomic E-state index is 13.2. The highest BCUT2D eigenvalue weighted by Crippen LogP contribution is 2.49. The van der Waals surface area contributed by atoms with Crippen molar-refractivity contribution in [3.63, 3.8) is 0 Å². The van der Waals surface area contributed by atoms with Gasteiger partial charge in [0.05, 0.1) is 11.6 Å². The molecule has 1 aliphatic heterocycles. The first-order valence-electron chi connectivity index (χ1n) is 9.61. The lowest BCUT2D eigenvalue weighted by molar-refractivity contribution is -0.128. The summed E-state index contributed by atoms with van der Waals surface area (Å²) in [5.74, 6) is 0.386. The third-order valence-corrected chi connectivity index (χ3v) is 6.23. The van der Waals surface area contributed by atoms with E-state index in [0.29, 0.717) is 12.2 Å². The number of para-hydroxylation sites is 1. The summed E-state index contributed by atoms with van der Waals surface area (Å²) in [7, 11) is 1.85. The van der Waals surface area contributed by atoms with Crippen LogP contribution < -0.4 is 5.32 Å². The highest BCUT2D eigenvalue weighted by atomic mass is 16.2. The predicted octanol–water partition coefficient (Wildman–Crippen LogP) is 2.62. The zero-order valence-electron chi connectivity index (χ0n) is 15.9. The summed E-state index contributed by atoms with van der Waals surface area (Å²) in [5.41, 5.74) is 3.78. The number of benzene rings is 2. The van der Waals surface area contributed by atoms with Crippen molar-refractivity contribution in [2.24, 2.45) is 13.0 Å². The Balaban J connectivity index is 1.50. The third-order valence-electron chi connectivity index (χ3n) is 6.23. The highest BCUT2D eigenvalue weighted by Gasteiger charge is 2.47. The minimum Gasteiger partial charge on any atom is -0.343 e. The Morgan fingerprint density at radius 2 is 1.75 bits per heavy atom. The molecule has 3 atom stereocenters. The van der Waals surface area contributed by atoms with Gasteiger partial charge in [-0.15, -0.1) is 0 Å². The second kappa shape index (κ2) is 6.19. The molecule has 2 aromatic carbocycles. The molecule has 0 radical (unpaired) electrons. The molecular formula is C22H22N4O2. The van der Waals surface area contributed by atoms with Gasteiger partial charge in [0.2, 0.25) is 5.91 Å². The van der Waals surface area contributed by atoms with Gasteiger partial charge in [-0.3, -0.25) is 14.3 Å². The van der Waals surface area contributed by atoms with Crippen LogP contribution in [0.25, 0.3) is 10.9 Å². The fourth-order valence-electron chi connectivity index (χ4n) is 4.89. The van der Waals surface area contributed by atoms with Gasteiger partial charge in [0.15, 0.2) is 5.69 Å². The van der Waals surface area contributed by atoms with E-state index in [1.807, 2.05) is 48.3 Å². The van der Waals surface area contributed by atoms with Gasteiger partial charge >= 0.3 is 0 Å². The lowest BCUT2D eigenvalue weighted by Crippen LogP contribution is -2.34. The normalized spacial score (nSPS) is 22.9. The second-order valence-electron chi connectivity index (χ2n) is 7.76. The Morgan fingerprint density at radius 3 is 2.54 bits per heavy atom. The number of amides is 2. The fourth-order valence-corrected chi connectivity index (χ4v) is 4.89. The van der Waals surface area contributed by atoms with Crippen LogP contribution in [-0.2, 0) is 11.8 Å². The molecule has 2 amide bonds. The number of carbonyl (C=O) groups is 2. The quantitative estimate of drug-likeness (QED) is 0.750. The summed E-state index contributed by atoms with van der Waals surface area (Å²) in [6.45, 7) is 3.00. The second-order valence-corrected chi connectivity index (χ2v) is 7.76. The van der Waals surface area contributed by atoms with Crippen LogP contribution in [-0.4, -0.2) is 39.6 Å². The van der Waals surface area contributed by atoms with E-state index in [1.165, 1.54) is 5.56 Å². The van der Waals surface area contributed by atoms with Crippen molar-refractivity contribution in [3.8, 4) is 0 Å². The standard InChI is InChI=1S/C22H22N4O2/c1-13(27)26-11-17-14-7-3-4-8-15(14)20(18(17)12-26)23-22(28)21-16-9-5-6-10-19(16)25(2)24-21/h3-10,17-18,20H,11-12H2,1-2H3,(H,23,28)/t17-,18-,20-/m0/s1. The van der Waals surface area contributed by atoms with Crippen LogP contribution in [0.1, 0.15) is 40.5 Å². The van der Waals surface area contributed by atoms with E-state index in [9.17, 15) is 9.59 Å². The van der Waals surface area contributed by atoms with Crippen LogP contribution in [0.15, 0.2) is 48.5 Å². The zero-order chi connectivity index (χ0) is 19.4. The first kappa shape index (κ1) is 17.0. The zero-order valence-corrected chi connectivity index (χ0v) is 15.9. The van der Waals surface area contributed by atoms with Crippen LogP contribution in [0, 0.1) is 5.92 Å². The number of aryl methyl sites for hydroxylation is 1. The third kappa shape index (κ3) is 2.44. The average Bonchev–Trinajstić information content (AvgIpc) is 3.35. The number of nitrogens with zero attached hydrogens (tertiary/aromatic N) is 3. The summed E-state index contributed by atoms with van der Waals surface area (Å²) in [5, 5.41) is 8.54. The van der Waals surface area contributed by atoms with Gasteiger partial charge in [0.1, 0.15) is 0 Å². The maximum absolute atomic E-state index is 13.2. The Kier molecular flexibility index (Phi) is 3.75. The van der Waals surface area contributed by atoms with Gasteiger partial charge in [0.25, 0.3) is 5.91 Å². The summed E-state index contributed by atoms with van der Waals surface area (Å²) in [6.07, 6.45) is 0.